The first-order chi connectivity index (χ1) is 11.1. The molecule has 2 rings (SSSR count). The highest BCUT2D eigenvalue weighted by atomic mass is 16.5. The van der Waals surface area contributed by atoms with Crippen molar-refractivity contribution < 1.29 is 19.4 Å². The fourth-order valence-electron chi connectivity index (χ4n) is 2.09. The third-order valence-corrected chi connectivity index (χ3v) is 3.75. The number of nitrogens with zero attached hydrogens (tertiary/aromatic N) is 4. The van der Waals surface area contributed by atoms with Crippen LogP contribution in [0.4, 0.5) is 5.69 Å². The Bertz CT molecular complexity index is 775. The SMILES string of the molecule is Cc1nn(C)c(C)c1OCC(=O)Nc1cnn(C(C)(C)C(=O)O)c1. The number of hydrogen-bond donors (Lipinski definition) is 2. The standard InChI is InChI=1S/C15H21N5O4/c1-9-13(10(2)19(5)18-9)24-8-12(21)17-11-6-16-20(7-11)15(3,4)14(22)23/h6-7H,8H2,1-5H3,(H,17,21)(H,22,23). The van der Waals surface area contributed by atoms with Gasteiger partial charge in [-0.05, 0) is 27.7 Å². The Labute approximate surface area is 139 Å². The van der Waals surface area contributed by atoms with Gasteiger partial charge >= 0.3 is 5.97 Å². The largest absolute Gasteiger partial charge is 0.480 e. The summed E-state index contributed by atoms with van der Waals surface area (Å²) in [5, 5.41) is 20.0. The lowest BCUT2D eigenvalue weighted by Crippen LogP contribution is -2.35. The van der Waals surface area contributed by atoms with Gasteiger partial charge in [0.2, 0.25) is 0 Å². The van der Waals surface area contributed by atoms with Gasteiger partial charge in [-0.15, -0.1) is 0 Å². The predicted octanol–water partition coefficient (Wildman–Crippen LogP) is 1.07. The molecule has 130 valence electrons. The number of rotatable bonds is 6. The fourth-order valence-corrected chi connectivity index (χ4v) is 2.09. The van der Waals surface area contributed by atoms with E-state index in [-0.39, 0.29) is 12.5 Å². The van der Waals surface area contributed by atoms with Gasteiger partial charge in [0.05, 0.1) is 17.6 Å². The third kappa shape index (κ3) is 3.39. The van der Waals surface area contributed by atoms with Crippen molar-refractivity contribution in [1.82, 2.24) is 19.6 Å². The maximum absolute atomic E-state index is 12.0. The van der Waals surface area contributed by atoms with E-state index in [1.165, 1.54) is 30.9 Å². The second-order valence-corrected chi connectivity index (χ2v) is 6.00. The van der Waals surface area contributed by atoms with Gasteiger partial charge in [-0.3, -0.25) is 14.2 Å². The lowest BCUT2D eigenvalue weighted by molar-refractivity contribution is -0.146. The van der Waals surface area contributed by atoms with Crippen LogP contribution >= 0.6 is 0 Å². The Morgan fingerprint density at radius 2 is 2.04 bits per heavy atom. The van der Waals surface area contributed by atoms with Crippen LogP contribution in [0.25, 0.3) is 0 Å². The number of hydrogen-bond acceptors (Lipinski definition) is 5. The number of aromatic nitrogens is 4. The Balaban J connectivity index is 1.98. The minimum atomic E-state index is -1.20. The molecule has 0 radical (unpaired) electrons. The molecule has 0 bridgehead atoms. The molecule has 2 N–H and O–H groups in total. The number of ether oxygens (including phenoxy) is 1. The molecule has 0 fully saturated rings. The summed E-state index contributed by atoms with van der Waals surface area (Å²) in [5.74, 6) is -0.810. The molecule has 0 aliphatic rings. The van der Waals surface area contributed by atoms with Gasteiger partial charge in [0.25, 0.3) is 5.91 Å². The molecule has 0 saturated heterocycles. The quantitative estimate of drug-likeness (QED) is 0.817. The lowest BCUT2D eigenvalue weighted by Gasteiger charge is -2.19. The van der Waals surface area contributed by atoms with Gasteiger partial charge in [0.15, 0.2) is 17.9 Å². The molecule has 0 aromatic carbocycles. The maximum Gasteiger partial charge on any atom is 0.331 e. The first kappa shape index (κ1) is 17.5. The Kier molecular flexibility index (Phi) is 4.63. The molecule has 2 heterocycles. The zero-order valence-corrected chi connectivity index (χ0v) is 14.3. The summed E-state index contributed by atoms with van der Waals surface area (Å²) < 4.78 is 8.48. The van der Waals surface area contributed by atoms with E-state index in [9.17, 15) is 14.7 Å². The van der Waals surface area contributed by atoms with Crippen LogP contribution in [0.3, 0.4) is 0 Å². The maximum atomic E-state index is 12.0. The van der Waals surface area contributed by atoms with Crippen LogP contribution in [0.2, 0.25) is 0 Å². The van der Waals surface area contributed by atoms with Crippen LogP contribution in [0.1, 0.15) is 25.2 Å². The van der Waals surface area contributed by atoms with Crippen molar-refractivity contribution in [2.24, 2.45) is 7.05 Å². The Morgan fingerprint density at radius 1 is 1.38 bits per heavy atom. The molecular weight excluding hydrogens is 314 g/mol. The average Bonchev–Trinajstić information content (AvgIpc) is 3.04. The first-order valence-electron chi connectivity index (χ1n) is 7.34. The van der Waals surface area contributed by atoms with Gasteiger partial charge in [0.1, 0.15) is 5.69 Å². The van der Waals surface area contributed by atoms with Gasteiger partial charge < -0.3 is 15.2 Å². The molecule has 9 heteroatoms. The smallest absolute Gasteiger partial charge is 0.331 e. The van der Waals surface area contributed by atoms with Crippen LogP contribution in [0.5, 0.6) is 5.75 Å². The summed E-state index contributed by atoms with van der Waals surface area (Å²) >= 11 is 0. The van der Waals surface area contributed by atoms with Crippen LogP contribution in [0.15, 0.2) is 12.4 Å². The normalized spacial score (nSPS) is 11.4. The fraction of sp³-hybridized carbons (Fsp3) is 0.467. The van der Waals surface area contributed by atoms with Crippen LogP contribution in [-0.2, 0) is 22.2 Å². The van der Waals surface area contributed by atoms with Crippen molar-refractivity contribution in [2.45, 2.75) is 33.2 Å². The number of carbonyl (C=O) groups is 2. The van der Waals surface area contributed by atoms with E-state index in [0.29, 0.717) is 17.1 Å². The van der Waals surface area contributed by atoms with E-state index < -0.39 is 11.5 Å². The van der Waals surface area contributed by atoms with Crippen LogP contribution < -0.4 is 10.1 Å². The molecule has 0 unspecified atom stereocenters. The van der Waals surface area contributed by atoms with Crippen molar-refractivity contribution in [3.8, 4) is 5.75 Å². The van der Waals surface area contributed by atoms with Crippen molar-refractivity contribution in [2.75, 3.05) is 11.9 Å². The summed E-state index contributed by atoms with van der Waals surface area (Å²) in [5.41, 5.74) is 0.733. The molecular formula is C15H21N5O4. The molecule has 0 aliphatic carbocycles. The van der Waals surface area contributed by atoms with Crippen LogP contribution in [0, 0.1) is 13.8 Å². The average molecular weight is 335 g/mol. The number of carboxylic acid groups (broad SMARTS) is 1. The van der Waals surface area contributed by atoms with Crippen molar-refractivity contribution in [3.63, 3.8) is 0 Å². The number of nitrogens with one attached hydrogen (secondary N) is 1. The van der Waals surface area contributed by atoms with E-state index in [1.807, 2.05) is 6.92 Å². The molecule has 0 aliphatic heterocycles. The number of anilines is 1. The number of carbonyl (C=O) groups excluding carboxylic acids is 1. The van der Waals surface area contributed by atoms with Crippen molar-refractivity contribution >= 4 is 17.6 Å². The lowest BCUT2D eigenvalue weighted by atomic mass is 10.1. The van der Waals surface area contributed by atoms with E-state index >= 15 is 0 Å². The van der Waals surface area contributed by atoms with Gasteiger partial charge in [-0.2, -0.15) is 10.2 Å². The molecule has 0 spiro atoms. The second-order valence-electron chi connectivity index (χ2n) is 6.00. The Hall–Kier alpha value is -2.84. The summed E-state index contributed by atoms with van der Waals surface area (Å²) in [6.45, 7) is 6.51. The zero-order chi connectivity index (χ0) is 18.1. The molecule has 2 aromatic rings. The summed E-state index contributed by atoms with van der Waals surface area (Å²) in [4.78, 5) is 23.2. The monoisotopic (exact) mass is 335 g/mol. The number of aliphatic carboxylic acids is 1. The topological polar surface area (TPSA) is 111 Å². The van der Waals surface area contributed by atoms with E-state index in [1.54, 1.807) is 18.7 Å². The highest BCUT2D eigenvalue weighted by Gasteiger charge is 2.30. The van der Waals surface area contributed by atoms with E-state index in [2.05, 4.69) is 15.5 Å². The number of amides is 1. The van der Waals surface area contributed by atoms with E-state index in [4.69, 9.17) is 4.74 Å². The summed E-state index contributed by atoms with van der Waals surface area (Å²) in [6.07, 6.45) is 2.86. The van der Waals surface area contributed by atoms with Crippen molar-refractivity contribution in [1.29, 1.82) is 0 Å². The summed E-state index contributed by atoms with van der Waals surface area (Å²) in [6, 6.07) is 0. The minimum absolute atomic E-state index is 0.180. The van der Waals surface area contributed by atoms with Gasteiger partial charge in [-0.25, -0.2) is 4.79 Å². The molecule has 1 amide bonds. The highest BCUT2D eigenvalue weighted by Crippen LogP contribution is 2.21. The van der Waals surface area contributed by atoms with Gasteiger partial charge in [0, 0.05) is 13.2 Å². The highest BCUT2D eigenvalue weighted by molar-refractivity contribution is 5.91. The number of aryl methyl sites for hydroxylation is 2. The van der Waals surface area contributed by atoms with Crippen molar-refractivity contribution in [3.05, 3.63) is 23.8 Å². The minimum Gasteiger partial charge on any atom is -0.480 e. The van der Waals surface area contributed by atoms with E-state index in [0.717, 1.165) is 5.69 Å². The van der Waals surface area contributed by atoms with Crippen LogP contribution in [-0.4, -0.2) is 43.2 Å². The third-order valence-electron chi connectivity index (χ3n) is 3.75. The molecule has 24 heavy (non-hydrogen) atoms. The Morgan fingerprint density at radius 3 is 2.58 bits per heavy atom. The molecule has 2 aromatic heterocycles. The first-order valence-corrected chi connectivity index (χ1v) is 7.34. The molecule has 9 nitrogen and oxygen atoms in total. The zero-order valence-electron chi connectivity index (χ0n) is 14.3. The summed E-state index contributed by atoms with van der Waals surface area (Å²) in [7, 11) is 1.80. The predicted molar refractivity (Wildman–Crippen MR) is 86.0 cm³/mol. The second kappa shape index (κ2) is 6.34. The molecule has 0 saturated carbocycles. The van der Waals surface area contributed by atoms with Gasteiger partial charge in [-0.1, -0.05) is 0 Å². The number of carboxylic acids is 1. The molecule has 0 atom stereocenters.